The van der Waals surface area contributed by atoms with Gasteiger partial charge in [0.05, 0.1) is 16.3 Å². The smallest absolute Gasteiger partial charge is 0.263 e. The van der Waals surface area contributed by atoms with Crippen LogP contribution < -0.4 is 10.0 Å². The summed E-state index contributed by atoms with van der Waals surface area (Å²) in [6.45, 7) is 2.06. The van der Waals surface area contributed by atoms with Crippen molar-refractivity contribution in [1.82, 2.24) is 14.5 Å². The molecule has 0 saturated heterocycles. The van der Waals surface area contributed by atoms with Crippen LogP contribution in [0.25, 0.3) is 16.9 Å². The summed E-state index contributed by atoms with van der Waals surface area (Å²) < 4.78 is 29.9. The molecule has 3 aromatic carbocycles. The van der Waals surface area contributed by atoms with E-state index in [-0.39, 0.29) is 10.0 Å². The molecule has 0 aliphatic heterocycles. The summed E-state index contributed by atoms with van der Waals surface area (Å²) >= 11 is 5.17. The van der Waals surface area contributed by atoms with E-state index in [9.17, 15) is 8.42 Å². The summed E-state index contributed by atoms with van der Waals surface area (Å²) in [4.78, 5) is 0.128. The maximum atomic E-state index is 12.8. The number of sulfonamides is 1. The zero-order valence-electron chi connectivity index (χ0n) is 17.9. The molecule has 4 aromatic rings. The van der Waals surface area contributed by atoms with Crippen molar-refractivity contribution in [2.45, 2.75) is 24.7 Å². The lowest BCUT2D eigenvalue weighted by Crippen LogP contribution is -2.34. The number of fused-ring (bicyclic) bond motifs is 3. The minimum absolute atomic E-state index is 0.0135. The number of hydrogen-bond acceptors (Lipinski definition) is 4. The highest BCUT2D eigenvalue weighted by Gasteiger charge is 2.23. The van der Waals surface area contributed by atoms with Crippen LogP contribution >= 0.6 is 12.2 Å². The molecule has 0 radical (unpaired) electrons. The molecule has 5 rings (SSSR count). The van der Waals surface area contributed by atoms with Crippen molar-refractivity contribution in [3.63, 3.8) is 0 Å². The molecule has 0 amide bonds. The third-order valence-corrected chi connectivity index (χ3v) is 7.51. The molecule has 33 heavy (non-hydrogen) atoms. The van der Waals surface area contributed by atoms with Crippen molar-refractivity contribution in [3.05, 3.63) is 95.7 Å². The van der Waals surface area contributed by atoms with Crippen molar-refractivity contribution in [2.75, 3.05) is 5.32 Å². The number of anilines is 1. The lowest BCUT2D eigenvalue weighted by molar-refractivity contribution is 0.593. The number of nitrogens with one attached hydrogen (secondary N) is 2. The third kappa shape index (κ3) is 4.15. The topological polar surface area (TPSA) is 76.0 Å². The molecule has 0 saturated carbocycles. The SMILES string of the molecule is Cc1c2c(nn1-c1ccc(S(=O)(=O)NC(=S)Nc3ccccc3)cc1)-c1ccccc1CC2. The first-order valence-electron chi connectivity index (χ1n) is 10.6. The van der Waals surface area contributed by atoms with Crippen LogP contribution in [-0.2, 0) is 22.9 Å². The van der Waals surface area contributed by atoms with Crippen LogP contribution in [0.4, 0.5) is 5.69 Å². The molecule has 8 heteroatoms. The van der Waals surface area contributed by atoms with E-state index in [4.69, 9.17) is 17.3 Å². The van der Waals surface area contributed by atoms with Gasteiger partial charge in [0, 0.05) is 22.5 Å². The van der Waals surface area contributed by atoms with Crippen LogP contribution in [-0.4, -0.2) is 23.3 Å². The second kappa shape index (κ2) is 8.46. The van der Waals surface area contributed by atoms with Crippen LogP contribution in [0.15, 0.2) is 83.8 Å². The predicted octanol–water partition coefficient (Wildman–Crippen LogP) is 4.62. The Kier molecular flexibility index (Phi) is 5.47. The quantitative estimate of drug-likeness (QED) is 0.422. The summed E-state index contributed by atoms with van der Waals surface area (Å²) in [6, 6.07) is 24.2. The molecule has 0 spiro atoms. The number of nitrogens with zero attached hydrogens (tertiary/aromatic N) is 2. The number of aromatic nitrogens is 2. The average molecular weight is 475 g/mol. The van der Waals surface area contributed by atoms with Gasteiger partial charge in [0.1, 0.15) is 0 Å². The molecule has 1 aliphatic carbocycles. The van der Waals surface area contributed by atoms with Crippen LogP contribution in [0, 0.1) is 6.92 Å². The van der Waals surface area contributed by atoms with Crippen molar-refractivity contribution in [1.29, 1.82) is 0 Å². The first-order chi connectivity index (χ1) is 15.9. The van der Waals surface area contributed by atoms with Crippen LogP contribution in [0.5, 0.6) is 0 Å². The molecular weight excluding hydrogens is 452 g/mol. The number of para-hydroxylation sites is 1. The molecule has 1 heterocycles. The van der Waals surface area contributed by atoms with Crippen LogP contribution in [0.1, 0.15) is 16.8 Å². The van der Waals surface area contributed by atoms with Gasteiger partial charge in [-0.1, -0.05) is 42.5 Å². The van der Waals surface area contributed by atoms with E-state index in [1.54, 1.807) is 36.4 Å². The molecule has 0 bridgehead atoms. The second-order valence-electron chi connectivity index (χ2n) is 7.90. The van der Waals surface area contributed by atoms with E-state index in [1.165, 1.54) is 16.7 Å². The Morgan fingerprint density at radius 1 is 0.939 bits per heavy atom. The Morgan fingerprint density at radius 3 is 2.39 bits per heavy atom. The van der Waals surface area contributed by atoms with Gasteiger partial charge in [0.15, 0.2) is 5.11 Å². The maximum Gasteiger partial charge on any atom is 0.263 e. The molecule has 1 aromatic heterocycles. The van der Waals surface area contributed by atoms with Gasteiger partial charge in [-0.25, -0.2) is 13.1 Å². The van der Waals surface area contributed by atoms with Crippen LogP contribution in [0.2, 0.25) is 0 Å². The molecule has 0 atom stereocenters. The lowest BCUT2D eigenvalue weighted by Gasteiger charge is -2.14. The number of aryl methyl sites for hydroxylation is 1. The largest absolute Gasteiger partial charge is 0.332 e. The van der Waals surface area contributed by atoms with Gasteiger partial charge in [0.25, 0.3) is 10.0 Å². The van der Waals surface area contributed by atoms with Gasteiger partial charge in [-0.05, 0) is 73.9 Å². The predicted molar refractivity (Wildman–Crippen MR) is 134 cm³/mol. The van der Waals surface area contributed by atoms with Crippen LogP contribution in [0.3, 0.4) is 0 Å². The first kappa shape index (κ1) is 21.4. The fraction of sp³-hybridized carbons (Fsp3) is 0.120. The summed E-state index contributed by atoms with van der Waals surface area (Å²) in [6.07, 6.45) is 1.94. The molecule has 0 fully saturated rings. The monoisotopic (exact) mass is 474 g/mol. The van der Waals surface area contributed by atoms with Gasteiger partial charge in [-0.3, -0.25) is 4.72 Å². The molecule has 1 aliphatic rings. The van der Waals surface area contributed by atoms with Gasteiger partial charge in [-0.15, -0.1) is 0 Å². The van der Waals surface area contributed by atoms with E-state index in [0.29, 0.717) is 5.69 Å². The lowest BCUT2D eigenvalue weighted by atomic mass is 9.89. The second-order valence-corrected chi connectivity index (χ2v) is 9.99. The Bertz CT molecular complexity index is 1440. The standard InChI is InChI=1S/C25H22N4O2S2/c1-17-22-16-11-18-7-5-6-10-23(18)24(22)27-29(17)20-12-14-21(15-13-20)33(30,31)28-25(32)26-19-8-3-2-4-9-19/h2-10,12-15H,11,16H2,1H3,(H2,26,28,32). The number of hydrogen-bond donors (Lipinski definition) is 2. The van der Waals surface area contributed by atoms with Gasteiger partial charge in [0.2, 0.25) is 0 Å². The minimum atomic E-state index is -3.81. The summed E-state index contributed by atoms with van der Waals surface area (Å²) in [5.74, 6) is 0. The van der Waals surface area contributed by atoms with E-state index in [1.807, 2.05) is 28.9 Å². The molecular formula is C25H22N4O2S2. The highest BCUT2D eigenvalue weighted by molar-refractivity contribution is 7.92. The normalized spacial score (nSPS) is 12.5. The van der Waals surface area contributed by atoms with Gasteiger partial charge < -0.3 is 5.32 Å². The van der Waals surface area contributed by atoms with E-state index >= 15 is 0 Å². The Labute approximate surface area is 198 Å². The maximum absolute atomic E-state index is 12.8. The molecule has 0 unspecified atom stereocenters. The summed E-state index contributed by atoms with van der Waals surface area (Å²) in [7, 11) is -3.81. The van der Waals surface area contributed by atoms with Gasteiger partial charge >= 0.3 is 0 Å². The fourth-order valence-corrected chi connectivity index (χ4v) is 5.51. The number of benzene rings is 3. The number of thiocarbonyl (C=S) groups is 1. The Morgan fingerprint density at radius 2 is 1.64 bits per heavy atom. The average Bonchev–Trinajstić information content (AvgIpc) is 3.16. The van der Waals surface area contributed by atoms with Crippen molar-refractivity contribution in [2.24, 2.45) is 0 Å². The third-order valence-electron chi connectivity index (χ3n) is 5.81. The number of rotatable bonds is 4. The highest BCUT2D eigenvalue weighted by Crippen LogP contribution is 2.35. The fourth-order valence-electron chi connectivity index (χ4n) is 4.16. The van der Waals surface area contributed by atoms with Crippen molar-refractivity contribution < 1.29 is 8.42 Å². The zero-order valence-corrected chi connectivity index (χ0v) is 19.6. The molecule has 166 valence electrons. The minimum Gasteiger partial charge on any atom is -0.332 e. The van der Waals surface area contributed by atoms with Gasteiger partial charge in [-0.2, -0.15) is 5.10 Å². The Balaban J connectivity index is 1.38. The van der Waals surface area contributed by atoms with E-state index < -0.39 is 10.0 Å². The summed E-state index contributed by atoms with van der Waals surface area (Å²) in [5.41, 5.74) is 7.31. The van der Waals surface area contributed by atoms with Crippen molar-refractivity contribution in [3.8, 4) is 16.9 Å². The highest BCUT2D eigenvalue weighted by atomic mass is 32.2. The molecule has 2 N–H and O–H groups in total. The van der Waals surface area contributed by atoms with Crippen molar-refractivity contribution >= 4 is 33.0 Å². The first-order valence-corrected chi connectivity index (χ1v) is 12.5. The summed E-state index contributed by atoms with van der Waals surface area (Å²) in [5, 5.41) is 7.76. The van der Waals surface area contributed by atoms with E-state index in [0.717, 1.165) is 29.9 Å². The van der Waals surface area contributed by atoms with E-state index in [2.05, 4.69) is 35.2 Å². The zero-order chi connectivity index (χ0) is 23.0. The molecule has 6 nitrogen and oxygen atoms in total. The Hall–Kier alpha value is -3.49.